The molecule has 0 spiro atoms. The van der Waals surface area contributed by atoms with Crippen LogP contribution < -0.4 is 0 Å². The Bertz CT molecular complexity index is 332. The maximum Gasteiger partial charge on any atom is 0.0509 e. The minimum Gasteiger partial charge on any atom is -0.396 e. The number of aliphatic hydroxyl groups excluding tert-OH is 2. The fourth-order valence-electron chi connectivity index (χ4n) is 1.47. The third-order valence-electron chi connectivity index (χ3n) is 2.62. The van der Waals surface area contributed by atoms with E-state index in [1.807, 2.05) is 32.0 Å². The molecule has 1 aromatic carbocycles. The summed E-state index contributed by atoms with van der Waals surface area (Å²) in [6, 6.07) is 5.77. The fraction of sp³-hybridized carbons (Fsp3) is 0.500. The molecule has 0 bridgehead atoms. The maximum atomic E-state index is 9.18. The van der Waals surface area contributed by atoms with Crippen molar-refractivity contribution >= 4 is 11.6 Å². The van der Waals surface area contributed by atoms with Crippen LogP contribution in [0.2, 0.25) is 5.02 Å². The van der Waals surface area contributed by atoms with Gasteiger partial charge in [0.1, 0.15) is 0 Å². The number of benzene rings is 1. The Labute approximate surface area is 95.5 Å². The number of hydrogen-bond acceptors (Lipinski definition) is 2. The van der Waals surface area contributed by atoms with Crippen LogP contribution in [0.15, 0.2) is 18.2 Å². The van der Waals surface area contributed by atoms with Crippen molar-refractivity contribution in [3.05, 3.63) is 34.3 Å². The first-order valence-corrected chi connectivity index (χ1v) is 5.35. The van der Waals surface area contributed by atoms with Gasteiger partial charge in [-0.1, -0.05) is 30.7 Å². The molecule has 1 rings (SSSR count). The van der Waals surface area contributed by atoms with Gasteiger partial charge in [0.2, 0.25) is 0 Å². The second-order valence-corrected chi connectivity index (χ2v) is 4.79. The third-order valence-corrected chi connectivity index (χ3v) is 3.04. The van der Waals surface area contributed by atoms with Crippen LogP contribution in [0, 0.1) is 12.3 Å². The summed E-state index contributed by atoms with van der Waals surface area (Å²) in [5.74, 6) is 0. The van der Waals surface area contributed by atoms with Crippen molar-refractivity contribution in [1.82, 2.24) is 0 Å². The average molecular weight is 229 g/mol. The highest BCUT2D eigenvalue weighted by molar-refractivity contribution is 6.31. The van der Waals surface area contributed by atoms with Gasteiger partial charge >= 0.3 is 0 Å². The topological polar surface area (TPSA) is 40.5 Å². The lowest BCUT2D eigenvalue weighted by Crippen LogP contribution is -2.28. The molecule has 0 radical (unpaired) electrons. The first-order valence-electron chi connectivity index (χ1n) is 4.97. The van der Waals surface area contributed by atoms with Gasteiger partial charge in [0.15, 0.2) is 0 Å². The van der Waals surface area contributed by atoms with Crippen LogP contribution in [0.5, 0.6) is 0 Å². The Balaban J connectivity index is 2.85. The molecule has 0 saturated carbocycles. The molecule has 0 aliphatic carbocycles. The Morgan fingerprint density at radius 1 is 1.27 bits per heavy atom. The Kier molecular flexibility index (Phi) is 4.14. The molecule has 3 heteroatoms. The van der Waals surface area contributed by atoms with E-state index in [-0.39, 0.29) is 13.2 Å². The highest BCUT2D eigenvalue weighted by Gasteiger charge is 2.22. The Hall–Kier alpha value is -0.570. The van der Waals surface area contributed by atoms with E-state index in [0.29, 0.717) is 6.42 Å². The molecular weight excluding hydrogens is 212 g/mol. The van der Waals surface area contributed by atoms with E-state index in [2.05, 4.69) is 0 Å². The summed E-state index contributed by atoms with van der Waals surface area (Å²) < 4.78 is 0. The first-order chi connectivity index (χ1) is 7.00. The quantitative estimate of drug-likeness (QED) is 0.830. The van der Waals surface area contributed by atoms with Crippen LogP contribution in [-0.2, 0) is 6.42 Å². The van der Waals surface area contributed by atoms with Crippen LogP contribution in [0.3, 0.4) is 0 Å². The van der Waals surface area contributed by atoms with E-state index < -0.39 is 5.41 Å². The predicted octanol–water partition coefficient (Wildman–Crippen LogP) is 2.18. The predicted molar refractivity (Wildman–Crippen MR) is 62.2 cm³/mol. The molecule has 0 aliphatic heterocycles. The van der Waals surface area contributed by atoms with Crippen molar-refractivity contribution in [3.63, 3.8) is 0 Å². The number of halogens is 1. The monoisotopic (exact) mass is 228 g/mol. The van der Waals surface area contributed by atoms with Crippen molar-refractivity contribution in [2.45, 2.75) is 20.3 Å². The van der Waals surface area contributed by atoms with E-state index in [1.54, 1.807) is 0 Å². The molecule has 0 heterocycles. The average Bonchev–Trinajstić information content (AvgIpc) is 2.23. The van der Waals surface area contributed by atoms with Gasteiger partial charge in [-0.2, -0.15) is 0 Å². The normalized spacial score (nSPS) is 11.8. The lowest BCUT2D eigenvalue weighted by molar-refractivity contribution is 0.0704. The van der Waals surface area contributed by atoms with Gasteiger partial charge in [-0.05, 0) is 30.5 Å². The van der Waals surface area contributed by atoms with E-state index in [1.165, 1.54) is 0 Å². The molecule has 0 atom stereocenters. The van der Waals surface area contributed by atoms with Crippen LogP contribution in [0.1, 0.15) is 18.1 Å². The standard InChI is InChI=1S/C12H17ClO2/c1-9-5-10(3-4-11(9)13)6-12(2,7-14)8-15/h3-5,14-15H,6-8H2,1-2H3. The zero-order valence-corrected chi connectivity index (χ0v) is 9.88. The molecule has 0 aromatic heterocycles. The summed E-state index contributed by atoms with van der Waals surface area (Å²) in [7, 11) is 0. The molecule has 1 aromatic rings. The Morgan fingerprint density at radius 3 is 2.33 bits per heavy atom. The van der Waals surface area contributed by atoms with Crippen LogP contribution in [0.4, 0.5) is 0 Å². The number of aliphatic hydroxyl groups is 2. The second kappa shape index (κ2) is 4.97. The molecule has 0 saturated heterocycles. The van der Waals surface area contributed by atoms with E-state index >= 15 is 0 Å². The van der Waals surface area contributed by atoms with Crippen LogP contribution >= 0.6 is 11.6 Å². The Morgan fingerprint density at radius 2 is 1.87 bits per heavy atom. The smallest absolute Gasteiger partial charge is 0.0509 e. The van der Waals surface area contributed by atoms with Crippen molar-refractivity contribution in [1.29, 1.82) is 0 Å². The van der Waals surface area contributed by atoms with Crippen molar-refractivity contribution in [2.75, 3.05) is 13.2 Å². The summed E-state index contributed by atoms with van der Waals surface area (Å²) in [6.45, 7) is 3.76. The summed E-state index contributed by atoms with van der Waals surface area (Å²) in [4.78, 5) is 0. The van der Waals surface area contributed by atoms with Gasteiger partial charge in [-0.25, -0.2) is 0 Å². The van der Waals surface area contributed by atoms with Crippen LogP contribution in [-0.4, -0.2) is 23.4 Å². The second-order valence-electron chi connectivity index (χ2n) is 4.39. The summed E-state index contributed by atoms with van der Waals surface area (Å²) >= 11 is 5.92. The van der Waals surface area contributed by atoms with Gasteiger partial charge in [0.05, 0.1) is 13.2 Å². The largest absolute Gasteiger partial charge is 0.396 e. The molecule has 0 fully saturated rings. The molecular formula is C12H17ClO2. The number of hydrogen-bond donors (Lipinski definition) is 2. The third kappa shape index (κ3) is 3.20. The highest BCUT2D eigenvalue weighted by atomic mass is 35.5. The first kappa shape index (κ1) is 12.5. The van der Waals surface area contributed by atoms with Crippen molar-refractivity contribution in [2.24, 2.45) is 5.41 Å². The fourth-order valence-corrected chi connectivity index (χ4v) is 1.59. The molecule has 15 heavy (non-hydrogen) atoms. The minimum absolute atomic E-state index is 0.0226. The molecule has 84 valence electrons. The van der Waals surface area contributed by atoms with E-state index in [0.717, 1.165) is 16.1 Å². The highest BCUT2D eigenvalue weighted by Crippen LogP contribution is 2.24. The van der Waals surface area contributed by atoms with Crippen molar-refractivity contribution < 1.29 is 10.2 Å². The van der Waals surface area contributed by atoms with Crippen molar-refractivity contribution in [3.8, 4) is 0 Å². The van der Waals surface area contributed by atoms with Gasteiger partial charge in [0, 0.05) is 10.4 Å². The van der Waals surface area contributed by atoms with E-state index in [9.17, 15) is 10.2 Å². The molecule has 2 N–H and O–H groups in total. The molecule has 0 aliphatic rings. The molecule has 2 nitrogen and oxygen atoms in total. The van der Waals surface area contributed by atoms with Gasteiger partial charge in [-0.15, -0.1) is 0 Å². The lowest BCUT2D eigenvalue weighted by Gasteiger charge is -2.24. The van der Waals surface area contributed by atoms with Gasteiger partial charge in [-0.3, -0.25) is 0 Å². The summed E-state index contributed by atoms with van der Waals surface area (Å²) in [6.07, 6.45) is 0.651. The summed E-state index contributed by atoms with van der Waals surface area (Å²) in [5, 5.41) is 19.1. The lowest BCUT2D eigenvalue weighted by atomic mass is 9.85. The van der Waals surface area contributed by atoms with Crippen LogP contribution in [0.25, 0.3) is 0 Å². The minimum atomic E-state index is -0.458. The van der Waals surface area contributed by atoms with E-state index in [4.69, 9.17) is 11.6 Å². The zero-order valence-electron chi connectivity index (χ0n) is 9.13. The van der Waals surface area contributed by atoms with Gasteiger partial charge in [0.25, 0.3) is 0 Å². The number of aryl methyl sites for hydroxylation is 1. The molecule has 0 amide bonds. The molecule has 0 unspecified atom stereocenters. The maximum absolute atomic E-state index is 9.18. The SMILES string of the molecule is Cc1cc(CC(C)(CO)CO)ccc1Cl. The zero-order chi connectivity index (χ0) is 11.5. The summed E-state index contributed by atoms with van der Waals surface area (Å²) in [5.41, 5.74) is 1.65. The van der Waals surface area contributed by atoms with Gasteiger partial charge < -0.3 is 10.2 Å². The number of rotatable bonds is 4.